The smallest absolute Gasteiger partial charge is 0.252 e. The van der Waals surface area contributed by atoms with Crippen molar-refractivity contribution in [2.24, 2.45) is 11.8 Å². The van der Waals surface area contributed by atoms with E-state index in [0.29, 0.717) is 23.2 Å². The highest BCUT2D eigenvalue weighted by Crippen LogP contribution is 2.26. The molecule has 0 bridgehead atoms. The fourth-order valence-corrected chi connectivity index (χ4v) is 5.91. The SMILES string of the molecule is CCCC[C@@H](CC)CNC(=O)[C@@H]1CCCN(S(=O)(=O)c2cccs2)C1. The number of sulfonamides is 1. The molecule has 1 amide bonds. The molecule has 0 saturated carbocycles. The van der Waals surface area contributed by atoms with Crippen LogP contribution in [0.25, 0.3) is 0 Å². The van der Waals surface area contributed by atoms with Crippen LogP contribution in [0.15, 0.2) is 21.7 Å². The second-order valence-electron chi connectivity index (χ2n) is 6.80. The lowest BCUT2D eigenvalue weighted by molar-refractivity contribution is -0.126. The highest BCUT2D eigenvalue weighted by molar-refractivity contribution is 7.91. The second-order valence-corrected chi connectivity index (χ2v) is 9.91. The average Bonchev–Trinajstić information content (AvgIpc) is 3.17. The van der Waals surface area contributed by atoms with E-state index in [1.807, 2.05) is 0 Å². The van der Waals surface area contributed by atoms with Crippen molar-refractivity contribution in [2.45, 2.75) is 56.6 Å². The molecule has 1 aliphatic heterocycles. The Morgan fingerprint density at radius 3 is 2.88 bits per heavy atom. The molecule has 1 aliphatic rings. The third kappa shape index (κ3) is 5.53. The van der Waals surface area contributed by atoms with Crippen LogP contribution in [0.5, 0.6) is 0 Å². The van der Waals surface area contributed by atoms with Crippen LogP contribution in [0.2, 0.25) is 0 Å². The largest absolute Gasteiger partial charge is 0.356 e. The third-order valence-corrected chi connectivity index (χ3v) is 8.19. The molecule has 1 N–H and O–H groups in total. The van der Waals surface area contributed by atoms with Gasteiger partial charge in [-0.3, -0.25) is 4.79 Å². The zero-order chi connectivity index (χ0) is 18.3. The third-order valence-electron chi connectivity index (χ3n) is 4.95. The summed E-state index contributed by atoms with van der Waals surface area (Å²) in [5.74, 6) is 0.270. The highest BCUT2D eigenvalue weighted by atomic mass is 32.2. The molecule has 1 aromatic heterocycles. The molecule has 2 atom stereocenters. The Morgan fingerprint density at radius 2 is 2.24 bits per heavy atom. The molecule has 2 heterocycles. The van der Waals surface area contributed by atoms with Crippen LogP contribution < -0.4 is 5.32 Å². The fraction of sp³-hybridized carbons (Fsp3) is 0.722. The van der Waals surface area contributed by atoms with E-state index in [1.54, 1.807) is 17.5 Å². The van der Waals surface area contributed by atoms with Gasteiger partial charge < -0.3 is 5.32 Å². The van der Waals surface area contributed by atoms with Gasteiger partial charge in [0.15, 0.2) is 0 Å². The summed E-state index contributed by atoms with van der Waals surface area (Å²) >= 11 is 1.23. The van der Waals surface area contributed by atoms with E-state index in [1.165, 1.54) is 28.5 Å². The minimum absolute atomic E-state index is 0.000952. The lowest BCUT2D eigenvalue weighted by Gasteiger charge is -2.31. The highest BCUT2D eigenvalue weighted by Gasteiger charge is 2.33. The molecule has 142 valence electrons. The summed E-state index contributed by atoms with van der Waals surface area (Å²) in [7, 11) is -3.46. The van der Waals surface area contributed by atoms with Gasteiger partial charge in [-0.1, -0.05) is 39.2 Å². The number of rotatable bonds is 9. The van der Waals surface area contributed by atoms with Gasteiger partial charge >= 0.3 is 0 Å². The number of nitrogens with zero attached hydrogens (tertiary/aromatic N) is 1. The normalized spacial score (nSPS) is 20.3. The Kier molecular flexibility index (Phi) is 7.90. The first-order valence-electron chi connectivity index (χ1n) is 9.30. The van der Waals surface area contributed by atoms with Crippen molar-refractivity contribution >= 4 is 27.3 Å². The van der Waals surface area contributed by atoms with Gasteiger partial charge in [0.2, 0.25) is 5.91 Å². The Morgan fingerprint density at radius 1 is 1.44 bits per heavy atom. The summed E-state index contributed by atoms with van der Waals surface area (Å²) in [6.07, 6.45) is 6.04. The predicted molar refractivity (Wildman–Crippen MR) is 102 cm³/mol. The number of hydrogen-bond donors (Lipinski definition) is 1. The van der Waals surface area contributed by atoms with Crippen LogP contribution in [0.3, 0.4) is 0 Å². The molecule has 0 aromatic carbocycles. The first-order chi connectivity index (χ1) is 12.0. The molecule has 1 fully saturated rings. The quantitative estimate of drug-likeness (QED) is 0.706. The summed E-state index contributed by atoms with van der Waals surface area (Å²) < 4.78 is 27.1. The molecule has 0 aliphatic carbocycles. The molecule has 0 radical (unpaired) electrons. The maximum absolute atomic E-state index is 12.7. The minimum atomic E-state index is -3.46. The standard InChI is InChI=1S/C18H30N2O3S2/c1-3-5-8-15(4-2)13-19-18(21)16-9-6-11-20(14-16)25(22,23)17-10-7-12-24-17/h7,10,12,15-16H,3-6,8-9,11,13-14H2,1-2H3,(H,19,21)/t15-,16-/m1/s1. The average molecular weight is 387 g/mol. The number of nitrogens with one attached hydrogen (secondary N) is 1. The van der Waals surface area contributed by atoms with Crippen molar-refractivity contribution in [3.8, 4) is 0 Å². The fourth-order valence-electron chi connectivity index (χ4n) is 3.24. The van der Waals surface area contributed by atoms with Gasteiger partial charge in [0.05, 0.1) is 5.92 Å². The van der Waals surface area contributed by atoms with Crippen molar-refractivity contribution in [1.29, 1.82) is 0 Å². The van der Waals surface area contributed by atoms with Crippen molar-refractivity contribution in [3.63, 3.8) is 0 Å². The summed E-state index contributed by atoms with van der Waals surface area (Å²) in [4.78, 5) is 12.5. The summed E-state index contributed by atoms with van der Waals surface area (Å²) in [5.41, 5.74) is 0. The van der Waals surface area contributed by atoms with E-state index in [9.17, 15) is 13.2 Å². The van der Waals surface area contributed by atoms with Crippen molar-refractivity contribution in [3.05, 3.63) is 17.5 Å². The number of carbonyl (C=O) groups is 1. The van der Waals surface area contributed by atoms with Gasteiger partial charge in [0, 0.05) is 19.6 Å². The van der Waals surface area contributed by atoms with Crippen molar-refractivity contribution < 1.29 is 13.2 Å². The zero-order valence-electron chi connectivity index (χ0n) is 15.2. The van der Waals surface area contributed by atoms with Gasteiger partial charge in [0.1, 0.15) is 4.21 Å². The molecular formula is C18H30N2O3S2. The number of hydrogen-bond acceptors (Lipinski definition) is 4. The molecule has 0 unspecified atom stereocenters. The van der Waals surface area contributed by atoms with Crippen LogP contribution in [0, 0.1) is 11.8 Å². The van der Waals surface area contributed by atoms with Gasteiger partial charge in [0.25, 0.3) is 10.0 Å². The minimum Gasteiger partial charge on any atom is -0.356 e. The summed E-state index contributed by atoms with van der Waals surface area (Å²) in [6.45, 7) is 5.82. The maximum Gasteiger partial charge on any atom is 0.252 e. The van der Waals surface area contributed by atoms with E-state index in [2.05, 4.69) is 19.2 Å². The van der Waals surface area contributed by atoms with E-state index in [0.717, 1.165) is 25.7 Å². The van der Waals surface area contributed by atoms with Gasteiger partial charge in [-0.2, -0.15) is 4.31 Å². The molecule has 7 heteroatoms. The molecule has 0 spiro atoms. The van der Waals surface area contributed by atoms with E-state index < -0.39 is 10.0 Å². The van der Waals surface area contributed by atoms with Crippen LogP contribution in [-0.4, -0.2) is 38.3 Å². The van der Waals surface area contributed by atoms with Crippen LogP contribution in [0.4, 0.5) is 0 Å². The van der Waals surface area contributed by atoms with Gasteiger partial charge in [-0.05, 0) is 36.6 Å². The molecular weight excluding hydrogens is 356 g/mol. The van der Waals surface area contributed by atoms with Crippen molar-refractivity contribution in [2.75, 3.05) is 19.6 Å². The van der Waals surface area contributed by atoms with E-state index in [4.69, 9.17) is 0 Å². The Bertz CT molecular complexity index is 629. The predicted octanol–water partition coefficient (Wildman–Crippen LogP) is 3.48. The topological polar surface area (TPSA) is 66.5 Å². The van der Waals surface area contributed by atoms with Crippen LogP contribution >= 0.6 is 11.3 Å². The number of carbonyl (C=O) groups excluding carboxylic acids is 1. The lowest BCUT2D eigenvalue weighted by atomic mass is 9.96. The monoisotopic (exact) mass is 386 g/mol. The van der Waals surface area contributed by atoms with Gasteiger partial charge in [-0.15, -0.1) is 11.3 Å². The molecule has 25 heavy (non-hydrogen) atoms. The molecule has 2 rings (SSSR count). The number of thiophene rings is 1. The van der Waals surface area contributed by atoms with Crippen LogP contribution in [-0.2, 0) is 14.8 Å². The number of unbranched alkanes of at least 4 members (excludes halogenated alkanes) is 1. The van der Waals surface area contributed by atoms with Crippen molar-refractivity contribution in [1.82, 2.24) is 9.62 Å². The van der Waals surface area contributed by atoms with E-state index in [-0.39, 0.29) is 18.4 Å². The summed E-state index contributed by atoms with van der Waals surface area (Å²) in [6, 6.07) is 3.37. The molecule has 5 nitrogen and oxygen atoms in total. The first-order valence-corrected chi connectivity index (χ1v) is 11.6. The number of amides is 1. The number of piperidine rings is 1. The molecule has 1 saturated heterocycles. The first kappa shape index (κ1) is 20.4. The Balaban J connectivity index is 1.91. The Hall–Kier alpha value is -0.920. The van der Waals surface area contributed by atoms with E-state index >= 15 is 0 Å². The molecule has 1 aromatic rings. The van der Waals surface area contributed by atoms with Gasteiger partial charge in [-0.25, -0.2) is 8.42 Å². The maximum atomic E-state index is 12.7. The second kappa shape index (κ2) is 9.69. The van der Waals surface area contributed by atoms with Crippen LogP contribution in [0.1, 0.15) is 52.4 Å². The zero-order valence-corrected chi connectivity index (χ0v) is 16.9. The lowest BCUT2D eigenvalue weighted by Crippen LogP contribution is -2.45. The Labute approximate surface area is 155 Å². The summed E-state index contributed by atoms with van der Waals surface area (Å²) in [5, 5.41) is 4.83.